The van der Waals surface area contributed by atoms with Crippen LogP contribution >= 0.6 is 0 Å². The average molecular weight is 383 g/mol. The Morgan fingerprint density at radius 2 is 1.76 bits per heavy atom. The zero-order valence-corrected chi connectivity index (χ0v) is 17.9. The van der Waals surface area contributed by atoms with E-state index >= 15 is 0 Å². The first-order chi connectivity index (χ1) is 14.3. The van der Waals surface area contributed by atoms with Gasteiger partial charge in [0, 0.05) is 5.92 Å². The zero-order chi connectivity index (χ0) is 19.4. The van der Waals surface area contributed by atoms with Crippen LogP contribution in [0.3, 0.4) is 0 Å². The molecule has 2 saturated carbocycles. The summed E-state index contributed by atoms with van der Waals surface area (Å²) in [6.45, 7) is 2.38. The highest BCUT2D eigenvalue weighted by Crippen LogP contribution is 2.57. The lowest BCUT2D eigenvalue weighted by atomic mass is 9.53. The molecule has 4 atom stereocenters. The predicted octanol–water partition coefficient (Wildman–Crippen LogP) is 7.56. The maximum atomic E-state index is 2.70. The van der Waals surface area contributed by atoms with E-state index in [2.05, 4.69) is 55.5 Å². The molecule has 4 aliphatic carbocycles. The highest BCUT2D eigenvalue weighted by atomic mass is 14.5. The van der Waals surface area contributed by atoms with Gasteiger partial charge in [0.05, 0.1) is 0 Å². The molecule has 2 aromatic rings. The van der Waals surface area contributed by atoms with Crippen LogP contribution in [-0.4, -0.2) is 0 Å². The van der Waals surface area contributed by atoms with E-state index in [0.29, 0.717) is 5.92 Å². The molecular formula is C29H34. The van der Waals surface area contributed by atoms with Crippen LogP contribution in [0.2, 0.25) is 0 Å². The molecule has 150 valence electrons. The smallest absolute Gasteiger partial charge is 0.00922 e. The Morgan fingerprint density at radius 1 is 0.897 bits per heavy atom. The fourth-order valence-electron chi connectivity index (χ4n) is 7.24. The maximum Gasteiger partial charge on any atom is 0.00922 e. The van der Waals surface area contributed by atoms with Gasteiger partial charge in [0.2, 0.25) is 0 Å². The topological polar surface area (TPSA) is 0 Å². The molecule has 3 unspecified atom stereocenters. The molecule has 2 bridgehead atoms. The van der Waals surface area contributed by atoms with E-state index in [0.717, 1.165) is 23.7 Å². The van der Waals surface area contributed by atoms with Crippen LogP contribution < -0.4 is 0 Å². The molecule has 0 aliphatic heterocycles. The van der Waals surface area contributed by atoms with E-state index in [1.54, 1.807) is 33.4 Å². The van der Waals surface area contributed by atoms with Gasteiger partial charge in [0.1, 0.15) is 0 Å². The molecule has 2 fully saturated rings. The van der Waals surface area contributed by atoms with E-state index in [4.69, 9.17) is 0 Å². The summed E-state index contributed by atoms with van der Waals surface area (Å²) in [5, 5.41) is 0. The minimum absolute atomic E-state index is 0.600. The van der Waals surface area contributed by atoms with Crippen LogP contribution in [0.4, 0.5) is 0 Å². The molecule has 0 spiro atoms. The Morgan fingerprint density at radius 3 is 2.59 bits per heavy atom. The summed E-state index contributed by atoms with van der Waals surface area (Å²) < 4.78 is 0. The molecule has 0 aromatic heterocycles. The Bertz CT molecular complexity index is 934. The number of benzene rings is 2. The zero-order valence-electron chi connectivity index (χ0n) is 17.9. The van der Waals surface area contributed by atoms with Gasteiger partial charge < -0.3 is 0 Å². The number of hydrogen-bond donors (Lipinski definition) is 0. The largest absolute Gasteiger partial charge is 0.0770 e. The van der Waals surface area contributed by atoms with Crippen molar-refractivity contribution in [3.8, 4) is 0 Å². The third-order valence-corrected chi connectivity index (χ3v) is 8.76. The van der Waals surface area contributed by atoms with Crippen molar-refractivity contribution in [1.29, 1.82) is 0 Å². The second-order valence-corrected chi connectivity index (χ2v) is 10.3. The predicted molar refractivity (Wildman–Crippen MR) is 122 cm³/mol. The van der Waals surface area contributed by atoms with E-state index in [-0.39, 0.29) is 0 Å². The quantitative estimate of drug-likeness (QED) is 0.514. The second-order valence-electron chi connectivity index (χ2n) is 10.3. The number of rotatable bonds is 3. The third-order valence-electron chi connectivity index (χ3n) is 8.76. The first kappa shape index (κ1) is 18.0. The molecule has 0 N–H and O–H groups in total. The van der Waals surface area contributed by atoms with Crippen LogP contribution in [0.5, 0.6) is 0 Å². The van der Waals surface area contributed by atoms with Crippen molar-refractivity contribution in [1.82, 2.24) is 0 Å². The summed E-state index contributed by atoms with van der Waals surface area (Å²) in [5.74, 6) is 4.18. The Labute approximate surface area is 176 Å². The van der Waals surface area contributed by atoms with Gasteiger partial charge in [-0.25, -0.2) is 0 Å². The molecule has 0 heteroatoms. The van der Waals surface area contributed by atoms with Crippen molar-refractivity contribution < 1.29 is 0 Å². The lowest BCUT2D eigenvalue weighted by molar-refractivity contribution is 0.0563. The Kier molecular flexibility index (Phi) is 4.44. The van der Waals surface area contributed by atoms with Gasteiger partial charge in [0.25, 0.3) is 0 Å². The molecule has 0 saturated heterocycles. The average Bonchev–Trinajstić information content (AvgIpc) is 2.78. The summed E-state index contributed by atoms with van der Waals surface area (Å²) in [4.78, 5) is 0. The van der Waals surface area contributed by atoms with Crippen LogP contribution in [0.1, 0.15) is 85.6 Å². The summed E-state index contributed by atoms with van der Waals surface area (Å²) in [5.41, 5.74) is 9.75. The van der Waals surface area contributed by atoms with Crippen molar-refractivity contribution in [2.75, 3.05) is 0 Å². The number of allylic oxidation sites excluding steroid dienone is 2. The highest BCUT2D eigenvalue weighted by Gasteiger charge is 2.46. The summed E-state index contributed by atoms with van der Waals surface area (Å²) >= 11 is 0. The van der Waals surface area contributed by atoms with Gasteiger partial charge in [-0.3, -0.25) is 0 Å². The SMILES string of the molecule is CCC1C=C(C2C3CCCC2C3)c2ccc([C@@H]3CCCc4ccccc43)cc2C1. The van der Waals surface area contributed by atoms with Crippen LogP contribution in [-0.2, 0) is 12.8 Å². The van der Waals surface area contributed by atoms with Gasteiger partial charge in [-0.15, -0.1) is 0 Å². The van der Waals surface area contributed by atoms with Crippen molar-refractivity contribution in [3.63, 3.8) is 0 Å². The van der Waals surface area contributed by atoms with Gasteiger partial charge in [-0.1, -0.05) is 61.9 Å². The minimum Gasteiger partial charge on any atom is -0.0770 e. The first-order valence-electron chi connectivity index (χ1n) is 12.2. The van der Waals surface area contributed by atoms with Gasteiger partial charge in [0.15, 0.2) is 0 Å². The van der Waals surface area contributed by atoms with Crippen molar-refractivity contribution in [2.24, 2.45) is 23.7 Å². The van der Waals surface area contributed by atoms with Gasteiger partial charge in [-0.05, 0) is 108 Å². The maximum absolute atomic E-state index is 2.70. The molecule has 4 aliphatic rings. The van der Waals surface area contributed by atoms with E-state index < -0.39 is 0 Å². The lowest BCUT2D eigenvalue weighted by Crippen LogP contribution is -2.41. The van der Waals surface area contributed by atoms with E-state index in [9.17, 15) is 0 Å². The van der Waals surface area contributed by atoms with Gasteiger partial charge >= 0.3 is 0 Å². The summed E-state index contributed by atoms with van der Waals surface area (Å²) in [7, 11) is 0. The van der Waals surface area contributed by atoms with Crippen LogP contribution in [0.25, 0.3) is 5.57 Å². The van der Waals surface area contributed by atoms with Crippen LogP contribution in [0, 0.1) is 23.7 Å². The lowest BCUT2D eigenvalue weighted by Gasteiger charge is -2.52. The standard InChI is InChI=1S/C29H34/c1-2-19-15-24-17-21(26-12-6-8-20-7-3-4-11-25(20)26)13-14-27(24)28(16-19)29-22-9-5-10-23(29)18-22/h3-4,7,11,13-14,16-17,19,22-23,26,29H,2,5-6,8-10,12,15,18H2,1H3/t19?,22?,23?,26-,29?/m0/s1. The second kappa shape index (κ2) is 7.15. The monoisotopic (exact) mass is 382 g/mol. The number of hydrogen-bond acceptors (Lipinski definition) is 0. The fraction of sp³-hybridized carbons (Fsp3) is 0.517. The highest BCUT2D eigenvalue weighted by molar-refractivity contribution is 5.74. The van der Waals surface area contributed by atoms with Gasteiger partial charge in [-0.2, -0.15) is 0 Å². The van der Waals surface area contributed by atoms with Crippen molar-refractivity contribution in [2.45, 2.75) is 70.6 Å². The third kappa shape index (κ3) is 2.94. The van der Waals surface area contributed by atoms with E-state index in [1.807, 2.05) is 0 Å². The molecule has 0 amide bonds. The molecule has 6 rings (SSSR count). The summed E-state index contributed by atoms with van der Waals surface area (Å²) in [6.07, 6.45) is 15.0. The van der Waals surface area contributed by atoms with E-state index in [1.165, 1.54) is 57.8 Å². The molecule has 2 aromatic carbocycles. The van der Waals surface area contributed by atoms with Crippen LogP contribution in [0.15, 0.2) is 48.5 Å². The summed E-state index contributed by atoms with van der Waals surface area (Å²) in [6, 6.07) is 16.8. The van der Waals surface area contributed by atoms with Crippen molar-refractivity contribution >= 4 is 5.57 Å². The fourth-order valence-corrected chi connectivity index (χ4v) is 7.24. The Hall–Kier alpha value is -1.82. The molecule has 29 heavy (non-hydrogen) atoms. The number of fused-ring (bicyclic) bond motifs is 4. The molecular weight excluding hydrogens is 348 g/mol. The minimum atomic E-state index is 0.600. The Balaban J connectivity index is 1.38. The number of aryl methyl sites for hydroxylation is 1. The van der Waals surface area contributed by atoms with Crippen molar-refractivity contribution in [3.05, 3.63) is 76.4 Å². The molecule has 0 heterocycles. The normalized spacial score (nSPS) is 32.6. The molecule has 0 radical (unpaired) electrons. The molecule has 0 nitrogen and oxygen atoms in total. The first-order valence-corrected chi connectivity index (χ1v) is 12.2.